The fourth-order valence-electron chi connectivity index (χ4n) is 2.17. The molecule has 3 rings (SSSR count). The van der Waals surface area contributed by atoms with Gasteiger partial charge in [-0.3, -0.25) is 9.59 Å². The highest BCUT2D eigenvalue weighted by Crippen LogP contribution is 2.35. The van der Waals surface area contributed by atoms with Crippen LogP contribution in [0.2, 0.25) is 0 Å². The molecule has 2 aromatic rings. The van der Waals surface area contributed by atoms with E-state index in [9.17, 15) is 9.59 Å². The highest BCUT2D eigenvalue weighted by Gasteiger charge is 2.29. The molecule has 102 valence electrons. The Hall–Kier alpha value is -2.08. The lowest BCUT2D eigenvalue weighted by Crippen LogP contribution is -2.16. The second kappa shape index (κ2) is 4.79. The topological polar surface area (TPSA) is 62.6 Å². The first-order valence-electron chi connectivity index (χ1n) is 5.99. The quantitative estimate of drug-likeness (QED) is 0.876. The van der Waals surface area contributed by atoms with E-state index in [0.717, 1.165) is 15.9 Å². The number of rotatable bonds is 3. The molecule has 0 radical (unpaired) electrons. The molecule has 0 bridgehead atoms. The van der Waals surface area contributed by atoms with Crippen molar-refractivity contribution in [1.82, 2.24) is 0 Å². The zero-order valence-corrected chi connectivity index (χ0v) is 12.2. The molecule has 1 aromatic carbocycles. The van der Waals surface area contributed by atoms with Crippen LogP contribution < -0.4 is 10.2 Å². The zero-order chi connectivity index (χ0) is 14.3. The van der Waals surface area contributed by atoms with Crippen LogP contribution in [0.1, 0.15) is 16.1 Å². The molecular weight excluding hydrogens is 324 g/mol. The van der Waals surface area contributed by atoms with Gasteiger partial charge in [-0.25, -0.2) is 0 Å². The smallest absolute Gasteiger partial charge is 0.296 e. The molecule has 0 spiro atoms. The van der Waals surface area contributed by atoms with E-state index in [0.29, 0.717) is 17.8 Å². The first kappa shape index (κ1) is 12.9. The highest BCUT2D eigenvalue weighted by molar-refractivity contribution is 9.10. The van der Waals surface area contributed by atoms with Crippen LogP contribution in [0.5, 0.6) is 0 Å². The summed E-state index contributed by atoms with van der Waals surface area (Å²) in [6, 6.07) is 7.18. The summed E-state index contributed by atoms with van der Waals surface area (Å²) >= 11 is 3.44. The van der Waals surface area contributed by atoms with E-state index in [4.69, 9.17) is 4.42 Å². The summed E-state index contributed by atoms with van der Waals surface area (Å²) in [6.07, 6.45) is 1.62. The number of benzene rings is 1. The van der Waals surface area contributed by atoms with Gasteiger partial charge in [0.15, 0.2) is 0 Å². The number of hydrogen-bond acceptors (Lipinski definition) is 4. The van der Waals surface area contributed by atoms with Crippen LogP contribution >= 0.6 is 15.9 Å². The van der Waals surface area contributed by atoms with Crippen LogP contribution in [0.3, 0.4) is 0 Å². The van der Waals surface area contributed by atoms with Gasteiger partial charge in [0, 0.05) is 11.5 Å². The van der Waals surface area contributed by atoms with Crippen molar-refractivity contribution in [3.63, 3.8) is 0 Å². The van der Waals surface area contributed by atoms with Gasteiger partial charge >= 0.3 is 0 Å². The van der Waals surface area contributed by atoms with Crippen molar-refractivity contribution < 1.29 is 14.0 Å². The summed E-state index contributed by atoms with van der Waals surface area (Å²) in [7, 11) is 1.91. The molecule has 0 saturated carbocycles. The summed E-state index contributed by atoms with van der Waals surface area (Å²) in [4.78, 5) is 25.0. The van der Waals surface area contributed by atoms with Crippen molar-refractivity contribution in [1.29, 1.82) is 0 Å². The molecule has 0 saturated heterocycles. The Balaban J connectivity index is 1.93. The van der Waals surface area contributed by atoms with Gasteiger partial charge in [0.2, 0.25) is 0 Å². The highest BCUT2D eigenvalue weighted by atomic mass is 79.9. The van der Waals surface area contributed by atoms with Crippen LogP contribution in [0, 0.1) is 0 Å². The largest absolute Gasteiger partial charge is 0.467 e. The third kappa shape index (κ3) is 2.12. The molecule has 0 fully saturated rings. The van der Waals surface area contributed by atoms with Crippen molar-refractivity contribution in [2.75, 3.05) is 17.3 Å². The molecule has 1 amide bonds. The number of halogens is 1. The molecule has 20 heavy (non-hydrogen) atoms. The lowest BCUT2D eigenvalue weighted by Gasteiger charge is -2.20. The molecule has 5 nitrogen and oxygen atoms in total. The second-order valence-corrected chi connectivity index (χ2v) is 5.42. The third-order valence-electron chi connectivity index (χ3n) is 3.17. The van der Waals surface area contributed by atoms with E-state index in [1.54, 1.807) is 18.4 Å². The third-order valence-corrected chi connectivity index (χ3v) is 3.81. The molecule has 1 aliphatic heterocycles. The monoisotopic (exact) mass is 334 g/mol. The Labute approximate surface area is 123 Å². The number of carbonyl (C=O) groups is 2. The maximum atomic E-state index is 11.6. The number of ketones is 1. The van der Waals surface area contributed by atoms with Gasteiger partial charge in [-0.1, -0.05) is 0 Å². The molecule has 0 unspecified atom stereocenters. The van der Waals surface area contributed by atoms with Crippen LogP contribution in [-0.4, -0.2) is 18.7 Å². The van der Waals surface area contributed by atoms with Crippen molar-refractivity contribution >= 4 is 39.0 Å². The Bertz CT molecular complexity index is 695. The summed E-state index contributed by atoms with van der Waals surface area (Å²) in [5.74, 6) is -0.251. The molecule has 2 heterocycles. The van der Waals surface area contributed by atoms with E-state index in [1.807, 2.05) is 24.1 Å². The Morgan fingerprint density at radius 2 is 2.15 bits per heavy atom. The minimum Gasteiger partial charge on any atom is -0.467 e. The number of anilines is 2. The Morgan fingerprint density at radius 3 is 2.85 bits per heavy atom. The van der Waals surface area contributed by atoms with Gasteiger partial charge in [0.1, 0.15) is 5.76 Å². The number of Topliss-reactive ketones (excluding diaryl/α,β-unsaturated/α-hetero) is 1. The Morgan fingerprint density at radius 1 is 1.35 bits per heavy atom. The number of hydrogen-bond donors (Lipinski definition) is 1. The maximum absolute atomic E-state index is 11.6. The number of nitrogens with zero attached hydrogens (tertiary/aromatic N) is 1. The van der Waals surface area contributed by atoms with Crippen molar-refractivity contribution in [3.05, 3.63) is 46.3 Å². The van der Waals surface area contributed by atoms with Crippen LogP contribution in [-0.2, 0) is 11.3 Å². The zero-order valence-electron chi connectivity index (χ0n) is 10.6. The average molecular weight is 335 g/mol. The van der Waals surface area contributed by atoms with Gasteiger partial charge in [0.05, 0.1) is 29.7 Å². The summed E-state index contributed by atoms with van der Waals surface area (Å²) in [6.45, 7) is 0.590. The van der Waals surface area contributed by atoms with Gasteiger partial charge < -0.3 is 14.6 Å². The minimum atomic E-state index is -0.585. The number of carbonyl (C=O) groups excluding carboxylic acids is 2. The molecular formula is C14H11BrN2O3. The standard InChI is InChI=1S/C14H11BrN2O3/c1-17(7-8-3-2-4-20-8)12-6-11-9(5-10(12)15)13(18)14(19)16-11/h2-6H,7H2,1H3,(H,16,18,19). The van der Waals surface area contributed by atoms with E-state index in [-0.39, 0.29) is 0 Å². The fourth-order valence-corrected chi connectivity index (χ4v) is 2.81. The van der Waals surface area contributed by atoms with E-state index >= 15 is 0 Å². The molecule has 1 aliphatic rings. The Kier molecular flexibility index (Phi) is 3.10. The maximum Gasteiger partial charge on any atom is 0.296 e. The molecule has 6 heteroatoms. The van der Waals surface area contributed by atoms with E-state index < -0.39 is 11.7 Å². The fraction of sp³-hybridized carbons (Fsp3) is 0.143. The van der Waals surface area contributed by atoms with Crippen molar-refractivity contribution in [2.24, 2.45) is 0 Å². The van der Waals surface area contributed by atoms with Gasteiger partial charge in [-0.05, 0) is 40.2 Å². The van der Waals surface area contributed by atoms with E-state index in [1.165, 1.54) is 0 Å². The van der Waals surface area contributed by atoms with Crippen LogP contribution in [0.15, 0.2) is 39.4 Å². The first-order valence-corrected chi connectivity index (χ1v) is 6.78. The number of amides is 1. The SMILES string of the molecule is CN(Cc1ccco1)c1cc2c(cc1Br)C(=O)C(=O)N2. The van der Waals surface area contributed by atoms with Crippen LogP contribution in [0.25, 0.3) is 0 Å². The lowest BCUT2D eigenvalue weighted by molar-refractivity contribution is -0.112. The number of fused-ring (bicyclic) bond motifs is 1. The number of furan rings is 1. The summed E-state index contributed by atoms with van der Waals surface area (Å²) < 4.78 is 6.07. The van der Waals surface area contributed by atoms with Crippen molar-refractivity contribution in [3.8, 4) is 0 Å². The predicted molar refractivity (Wildman–Crippen MR) is 77.9 cm³/mol. The van der Waals surface area contributed by atoms with E-state index in [2.05, 4.69) is 21.2 Å². The minimum absolute atomic E-state index is 0.400. The predicted octanol–water partition coefficient (Wildman–Crippen LogP) is 2.81. The summed E-state index contributed by atoms with van der Waals surface area (Å²) in [5, 5.41) is 2.57. The van der Waals surface area contributed by atoms with Crippen LogP contribution in [0.4, 0.5) is 11.4 Å². The molecule has 0 atom stereocenters. The lowest BCUT2D eigenvalue weighted by atomic mass is 10.1. The van der Waals surface area contributed by atoms with Crippen molar-refractivity contribution in [2.45, 2.75) is 6.54 Å². The van der Waals surface area contributed by atoms with Gasteiger partial charge in [-0.2, -0.15) is 0 Å². The van der Waals surface area contributed by atoms with Gasteiger partial charge in [-0.15, -0.1) is 0 Å². The first-order chi connectivity index (χ1) is 9.56. The number of nitrogens with one attached hydrogen (secondary N) is 1. The van der Waals surface area contributed by atoms with Gasteiger partial charge in [0.25, 0.3) is 11.7 Å². The normalized spacial score (nSPS) is 13.3. The summed E-state index contributed by atoms with van der Waals surface area (Å²) in [5.41, 5.74) is 1.82. The molecule has 1 aromatic heterocycles. The molecule has 1 N–H and O–H groups in total. The average Bonchev–Trinajstić information content (AvgIpc) is 3.00. The second-order valence-electron chi connectivity index (χ2n) is 4.57. The molecule has 0 aliphatic carbocycles.